The third-order valence-electron chi connectivity index (χ3n) is 5.09. The molecule has 0 bridgehead atoms. The number of likely N-dealkylation sites (tertiary alicyclic amines) is 1. The molecule has 1 fully saturated rings. The van der Waals surface area contributed by atoms with Crippen LogP contribution in [0.15, 0.2) is 41.1 Å². The molecule has 2 amide bonds. The van der Waals surface area contributed by atoms with Crippen molar-refractivity contribution in [2.75, 3.05) is 24.1 Å². The third kappa shape index (κ3) is 3.89. The van der Waals surface area contributed by atoms with Crippen molar-refractivity contribution in [1.82, 2.24) is 20.0 Å². The van der Waals surface area contributed by atoms with Gasteiger partial charge in [0.15, 0.2) is 11.6 Å². The van der Waals surface area contributed by atoms with Crippen LogP contribution in [0.3, 0.4) is 0 Å². The second-order valence-corrected chi connectivity index (χ2v) is 7.02. The summed E-state index contributed by atoms with van der Waals surface area (Å²) in [6.45, 7) is 2.87. The van der Waals surface area contributed by atoms with Crippen LogP contribution in [0, 0.1) is 12.7 Å². The van der Waals surface area contributed by atoms with E-state index in [0.29, 0.717) is 30.0 Å². The lowest BCUT2D eigenvalue weighted by Gasteiger charge is -2.32. The molecule has 0 aliphatic carbocycles. The first-order valence-electron chi connectivity index (χ1n) is 9.38. The molecule has 1 unspecified atom stereocenters. The van der Waals surface area contributed by atoms with E-state index in [1.807, 2.05) is 6.07 Å². The fourth-order valence-electron chi connectivity index (χ4n) is 3.55. The zero-order chi connectivity index (χ0) is 20.4. The number of hydrogen-bond acceptors (Lipinski definition) is 6. The van der Waals surface area contributed by atoms with Crippen LogP contribution in [0.2, 0.25) is 0 Å². The standard InChI is InChI=1S/C20H21FN6O2/c1-12-17(14-6-2-3-7-15(14)21)29-26-18(12)25-20(28)27-10-4-5-13(11-27)16-8-9-23-19(22)24-16/h2-3,6-9,13H,4-5,10-11H2,1H3,(H2,22,23,24)(H,25,26,28). The Bertz CT molecular complexity index is 1040. The predicted octanol–water partition coefficient (Wildman–Crippen LogP) is 3.57. The molecule has 150 valence electrons. The molecule has 4 rings (SSSR count). The van der Waals surface area contributed by atoms with Crippen molar-refractivity contribution in [1.29, 1.82) is 0 Å². The van der Waals surface area contributed by atoms with Gasteiger partial charge < -0.3 is 15.2 Å². The van der Waals surface area contributed by atoms with E-state index in [1.54, 1.807) is 36.2 Å². The van der Waals surface area contributed by atoms with E-state index in [2.05, 4.69) is 20.4 Å². The van der Waals surface area contributed by atoms with E-state index in [-0.39, 0.29) is 23.7 Å². The number of piperidine rings is 1. The molecular formula is C20H21FN6O2. The van der Waals surface area contributed by atoms with Gasteiger partial charge in [0.05, 0.1) is 11.3 Å². The van der Waals surface area contributed by atoms with E-state index in [0.717, 1.165) is 18.5 Å². The number of carbonyl (C=O) groups excluding carboxylic acids is 1. The molecule has 2 aromatic heterocycles. The lowest BCUT2D eigenvalue weighted by molar-refractivity contribution is 0.192. The lowest BCUT2D eigenvalue weighted by Crippen LogP contribution is -2.42. The van der Waals surface area contributed by atoms with Crippen molar-refractivity contribution in [3.05, 3.63) is 53.6 Å². The minimum absolute atomic E-state index is 0.0900. The Morgan fingerprint density at radius 2 is 2.17 bits per heavy atom. The summed E-state index contributed by atoms with van der Waals surface area (Å²) in [6.07, 6.45) is 3.39. The van der Waals surface area contributed by atoms with Gasteiger partial charge in [0.1, 0.15) is 5.82 Å². The molecule has 3 aromatic rings. The van der Waals surface area contributed by atoms with Crippen molar-refractivity contribution >= 4 is 17.8 Å². The number of urea groups is 1. The minimum Gasteiger partial charge on any atom is -0.368 e. The summed E-state index contributed by atoms with van der Waals surface area (Å²) in [5.74, 6) is 0.482. The van der Waals surface area contributed by atoms with Gasteiger partial charge in [-0.1, -0.05) is 17.3 Å². The van der Waals surface area contributed by atoms with Crippen LogP contribution in [0.1, 0.15) is 30.0 Å². The summed E-state index contributed by atoms with van der Waals surface area (Å²) in [4.78, 5) is 22.7. The number of anilines is 2. The Morgan fingerprint density at radius 3 is 2.97 bits per heavy atom. The minimum atomic E-state index is -0.410. The van der Waals surface area contributed by atoms with Crippen LogP contribution in [0.4, 0.5) is 21.0 Å². The van der Waals surface area contributed by atoms with Crippen LogP contribution in [-0.2, 0) is 0 Å². The molecule has 8 nitrogen and oxygen atoms in total. The normalized spacial score (nSPS) is 16.6. The molecule has 0 spiro atoms. The van der Waals surface area contributed by atoms with Gasteiger partial charge in [-0.3, -0.25) is 5.32 Å². The summed E-state index contributed by atoms with van der Waals surface area (Å²) in [5.41, 5.74) is 7.38. The Morgan fingerprint density at radius 1 is 1.34 bits per heavy atom. The Hall–Kier alpha value is -3.49. The first-order chi connectivity index (χ1) is 14.0. The van der Waals surface area contributed by atoms with E-state index < -0.39 is 5.82 Å². The van der Waals surface area contributed by atoms with Crippen molar-refractivity contribution in [2.45, 2.75) is 25.7 Å². The van der Waals surface area contributed by atoms with E-state index in [4.69, 9.17) is 10.3 Å². The largest absolute Gasteiger partial charge is 0.368 e. The van der Waals surface area contributed by atoms with Gasteiger partial charge in [0.25, 0.3) is 0 Å². The number of nitrogens with two attached hydrogens (primary N) is 1. The molecule has 1 aromatic carbocycles. The lowest BCUT2D eigenvalue weighted by atomic mass is 9.95. The van der Waals surface area contributed by atoms with E-state index in [9.17, 15) is 9.18 Å². The number of rotatable bonds is 3. The summed E-state index contributed by atoms with van der Waals surface area (Å²) in [6, 6.07) is 7.82. The van der Waals surface area contributed by atoms with Crippen LogP contribution in [0.25, 0.3) is 11.3 Å². The first kappa shape index (κ1) is 18.9. The van der Waals surface area contributed by atoms with Crippen molar-refractivity contribution in [3.63, 3.8) is 0 Å². The highest BCUT2D eigenvalue weighted by atomic mass is 19.1. The molecule has 3 N–H and O–H groups in total. The summed E-state index contributed by atoms with van der Waals surface area (Å²) < 4.78 is 19.3. The number of aromatic nitrogens is 3. The number of nitrogens with zero attached hydrogens (tertiary/aromatic N) is 4. The molecule has 1 saturated heterocycles. The van der Waals surface area contributed by atoms with Crippen LogP contribution >= 0.6 is 0 Å². The Kier molecular flexibility index (Phi) is 5.11. The van der Waals surface area contributed by atoms with Gasteiger partial charge >= 0.3 is 6.03 Å². The smallest absolute Gasteiger partial charge is 0.323 e. The molecular weight excluding hydrogens is 375 g/mol. The first-order valence-corrected chi connectivity index (χ1v) is 9.38. The van der Waals surface area contributed by atoms with E-state index >= 15 is 0 Å². The fourth-order valence-corrected chi connectivity index (χ4v) is 3.55. The van der Waals surface area contributed by atoms with E-state index in [1.165, 1.54) is 6.07 Å². The van der Waals surface area contributed by atoms with Gasteiger partial charge in [-0.2, -0.15) is 0 Å². The molecule has 1 aliphatic rings. The fraction of sp³-hybridized carbons (Fsp3) is 0.300. The maximum Gasteiger partial charge on any atom is 0.323 e. The topological polar surface area (TPSA) is 110 Å². The number of nitrogens with one attached hydrogen (secondary N) is 1. The molecule has 29 heavy (non-hydrogen) atoms. The van der Waals surface area contributed by atoms with Crippen molar-refractivity contribution < 1.29 is 13.7 Å². The average molecular weight is 396 g/mol. The molecule has 1 aliphatic heterocycles. The maximum absolute atomic E-state index is 14.0. The van der Waals surface area contributed by atoms with Gasteiger partial charge in [-0.15, -0.1) is 0 Å². The molecule has 3 heterocycles. The zero-order valence-corrected chi connectivity index (χ0v) is 15.9. The van der Waals surface area contributed by atoms with Crippen molar-refractivity contribution in [2.24, 2.45) is 0 Å². The van der Waals surface area contributed by atoms with Gasteiger partial charge in [0, 0.05) is 30.8 Å². The number of carbonyl (C=O) groups is 1. The summed E-state index contributed by atoms with van der Waals surface area (Å²) in [7, 11) is 0. The molecule has 0 radical (unpaired) electrons. The SMILES string of the molecule is Cc1c(NC(=O)N2CCCC(c3ccnc(N)n3)C2)noc1-c1ccccc1F. The summed E-state index contributed by atoms with van der Waals surface area (Å²) >= 11 is 0. The van der Waals surface area contributed by atoms with Gasteiger partial charge in [0.2, 0.25) is 5.95 Å². The number of amides is 2. The van der Waals surface area contributed by atoms with Crippen molar-refractivity contribution in [3.8, 4) is 11.3 Å². The maximum atomic E-state index is 14.0. The Balaban J connectivity index is 1.48. The van der Waals surface area contributed by atoms with Gasteiger partial charge in [-0.25, -0.2) is 19.2 Å². The van der Waals surface area contributed by atoms with Gasteiger partial charge in [-0.05, 0) is 38.0 Å². The third-order valence-corrected chi connectivity index (χ3v) is 5.09. The van der Waals surface area contributed by atoms with Crippen LogP contribution < -0.4 is 11.1 Å². The zero-order valence-electron chi connectivity index (χ0n) is 15.9. The molecule has 9 heteroatoms. The highest BCUT2D eigenvalue weighted by molar-refractivity contribution is 5.90. The summed E-state index contributed by atoms with van der Waals surface area (Å²) in [5, 5.41) is 6.69. The second-order valence-electron chi connectivity index (χ2n) is 7.02. The quantitative estimate of drug-likeness (QED) is 0.700. The van der Waals surface area contributed by atoms with Crippen LogP contribution in [0.5, 0.6) is 0 Å². The number of halogens is 1. The number of benzene rings is 1. The molecule has 1 atom stereocenters. The Labute approximate surface area is 166 Å². The highest BCUT2D eigenvalue weighted by Crippen LogP contribution is 2.31. The van der Waals surface area contributed by atoms with Crippen LogP contribution in [-0.4, -0.2) is 39.1 Å². The average Bonchev–Trinajstić information content (AvgIpc) is 3.08. The second kappa shape index (κ2) is 7.86. The molecule has 0 saturated carbocycles. The highest BCUT2D eigenvalue weighted by Gasteiger charge is 2.27. The monoisotopic (exact) mass is 396 g/mol. The number of nitrogen functional groups attached to an aromatic ring is 1. The number of hydrogen-bond donors (Lipinski definition) is 2. The predicted molar refractivity (Wildman–Crippen MR) is 106 cm³/mol.